The fourth-order valence-electron chi connectivity index (χ4n) is 3.35. The molecule has 5 heteroatoms. The minimum absolute atomic E-state index is 0.0237. The molecular formula is C19H21N3O2. The van der Waals surface area contributed by atoms with Crippen molar-refractivity contribution < 1.29 is 9.84 Å². The number of aliphatic hydroxyl groups excluding tert-OH is 1. The standard InChI is InChI=1S/C19H21N3O2/c1-13-7-15(10-20-9-13)19-21-17-8-14(12-23)4-5-18(17)22(19)11-16-3-2-6-24-16/h4-5,7-10,16,23H,2-3,6,11-12H2,1H3/t16-/m0/s1. The fourth-order valence-corrected chi connectivity index (χ4v) is 3.35. The molecule has 2 aromatic heterocycles. The van der Waals surface area contributed by atoms with E-state index in [0.717, 1.165) is 59.5 Å². The number of aliphatic hydroxyl groups is 1. The molecule has 3 aromatic rings. The topological polar surface area (TPSA) is 60.2 Å². The van der Waals surface area contributed by atoms with Gasteiger partial charge >= 0.3 is 0 Å². The normalized spacial score (nSPS) is 17.7. The molecule has 0 radical (unpaired) electrons. The number of pyridine rings is 1. The maximum Gasteiger partial charge on any atom is 0.142 e. The highest BCUT2D eigenvalue weighted by Crippen LogP contribution is 2.28. The summed E-state index contributed by atoms with van der Waals surface area (Å²) in [4.78, 5) is 9.14. The third-order valence-corrected chi connectivity index (χ3v) is 4.54. The van der Waals surface area contributed by atoms with E-state index in [1.807, 2.05) is 37.5 Å². The van der Waals surface area contributed by atoms with Gasteiger partial charge in [0, 0.05) is 24.6 Å². The minimum atomic E-state index is 0.0237. The monoisotopic (exact) mass is 323 g/mol. The lowest BCUT2D eigenvalue weighted by Crippen LogP contribution is -2.15. The van der Waals surface area contributed by atoms with E-state index in [9.17, 15) is 5.11 Å². The Labute approximate surface area is 140 Å². The van der Waals surface area contributed by atoms with Crippen molar-refractivity contribution in [3.63, 3.8) is 0 Å². The first-order valence-electron chi connectivity index (χ1n) is 8.38. The van der Waals surface area contributed by atoms with Gasteiger partial charge in [0.05, 0.1) is 30.3 Å². The lowest BCUT2D eigenvalue weighted by molar-refractivity contribution is 0.0982. The van der Waals surface area contributed by atoms with Crippen LogP contribution in [0.1, 0.15) is 24.0 Å². The van der Waals surface area contributed by atoms with E-state index in [4.69, 9.17) is 9.72 Å². The molecule has 1 fully saturated rings. The third kappa shape index (κ3) is 2.81. The third-order valence-electron chi connectivity index (χ3n) is 4.54. The number of aryl methyl sites for hydroxylation is 1. The highest BCUT2D eigenvalue weighted by molar-refractivity contribution is 5.81. The summed E-state index contributed by atoms with van der Waals surface area (Å²) in [6.07, 6.45) is 6.14. The zero-order valence-corrected chi connectivity index (χ0v) is 13.8. The van der Waals surface area contributed by atoms with Gasteiger partial charge in [0.25, 0.3) is 0 Å². The zero-order valence-electron chi connectivity index (χ0n) is 13.8. The van der Waals surface area contributed by atoms with Crippen LogP contribution in [0.4, 0.5) is 0 Å². The molecule has 0 amide bonds. The van der Waals surface area contributed by atoms with Crippen LogP contribution in [0.15, 0.2) is 36.7 Å². The van der Waals surface area contributed by atoms with Gasteiger partial charge in [-0.2, -0.15) is 0 Å². The minimum Gasteiger partial charge on any atom is -0.392 e. The molecule has 1 saturated heterocycles. The number of imidazole rings is 1. The number of nitrogens with zero attached hydrogens (tertiary/aromatic N) is 3. The van der Waals surface area contributed by atoms with Crippen molar-refractivity contribution in [3.05, 3.63) is 47.8 Å². The second-order valence-electron chi connectivity index (χ2n) is 6.41. The van der Waals surface area contributed by atoms with Crippen LogP contribution in [-0.4, -0.2) is 32.4 Å². The highest BCUT2D eigenvalue weighted by atomic mass is 16.5. The van der Waals surface area contributed by atoms with Gasteiger partial charge in [-0.3, -0.25) is 4.98 Å². The Kier molecular flexibility index (Phi) is 4.04. The summed E-state index contributed by atoms with van der Waals surface area (Å²) >= 11 is 0. The number of ether oxygens (including phenoxy) is 1. The molecule has 0 unspecified atom stereocenters. The van der Waals surface area contributed by atoms with E-state index in [-0.39, 0.29) is 12.7 Å². The first-order valence-corrected chi connectivity index (χ1v) is 8.38. The van der Waals surface area contributed by atoms with Gasteiger partial charge in [0.15, 0.2) is 0 Å². The molecule has 0 bridgehead atoms. The predicted octanol–water partition coefficient (Wildman–Crippen LogP) is 3.08. The van der Waals surface area contributed by atoms with Gasteiger partial charge in [-0.15, -0.1) is 0 Å². The molecule has 24 heavy (non-hydrogen) atoms. The summed E-state index contributed by atoms with van der Waals surface area (Å²) in [5, 5.41) is 9.39. The van der Waals surface area contributed by atoms with Crippen molar-refractivity contribution in [2.45, 2.75) is 39.0 Å². The molecule has 1 N–H and O–H groups in total. The molecular weight excluding hydrogens is 302 g/mol. The van der Waals surface area contributed by atoms with Gasteiger partial charge in [-0.05, 0) is 49.1 Å². The molecule has 3 heterocycles. The first-order chi connectivity index (χ1) is 11.7. The van der Waals surface area contributed by atoms with Crippen LogP contribution in [0.25, 0.3) is 22.4 Å². The maximum atomic E-state index is 9.39. The summed E-state index contributed by atoms with van der Waals surface area (Å²) in [7, 11) is 0. The molecule has 0 aliphatic carbocycles. The van der Waals surface area contributed by atoms with Crippen molar-refractivity contribution >= 4 is 11.0 Å². The largest absolute Gasteiger partial charge is 0.392 e. The van der Waals surface area contributed by atoms with Crippen LogP contribution in [0, 0.1) is 6.92 Å². The smallest absolute Gasteiger partial charge is 0.142 e. The summed E-state index contributed by atoms with van der Waals surface area (Å²) in [6.45, 7) is 3.69. The Morgan fingerprint density at radius 3 is 2.96 bits per heavy atom. The van der Waals surface area contributed by atoms with Crippen LogP contribution in [0.5, 0.6) is 0 Å². The number of benzene rings is 1. The summed E-state index contributed by atoms with van der Waals surface area (Å²) < 4.78 is 8.06. The fraction of sp³-hybridized carbons (Fsp3) is 0.368. The number of aromatic nitrogens is 3. The second kappa shape index (κ2) is 6.34. The average Bonchev–Trinajstić information content (AvgIpc) is 3.23. The molecule has 1 atom stereocenters. The SMILES string of the molecule is Cc1cncc(-c2nc3cc(CO)ccc3n2C[C@@H]2CCCO2)c1. The van der Waals surface area contributed by atoms with E-state index >= 15 is 0 Å². The summed E-state index contributed by atoms with van der Waals surface area (Å²) in [5.74, 6) is 0.909. The number of rotatable bonds is 4. The van der Waals surface area contributed by atoms with Crippen molar-refractivity contribution in [2.24, 2.45) is 0 Å². The van der Waals surface area contributed by atoms with Gasteiger partial charge in [-0.1, -0.05) is 6.07 Å². The van der Waals surface area contributed by atoms with Crippen LogP contribution in [0.3, 0.4) is 0 Å². The zero-order chi connectivity index (χ0) is 16.5. The second-order valence-corrected chi connectivity index (χ2v) is 6.41. The lowest BCUT2D eigenvalue weighted by Gasteiger charge is -2.14. The Balaban J connectivity index is 1.86. The van der Waals surface area contributed by atoms with Crippen molar-refractivity contribution in [2.75, 3.05) is 6.61 Å². The molecule has 124 valence electrons. The summed E-state index contributed by atoms with van der Waals surface area (Å²) in [5.41, 5.74) is 4.96. The van der Waals surface area contributed by atoms with Crippen molar-refractivity contribution in [3.8, 4) is 11.4 Å². The molecule has 4 rings (SSSR count). The van der Waals surface area contributed by atoms with Gasteiger partial charge in [0.1, 0.15) is 5.82 Å². The lowest BCUT2D eigenvalue weighted by atomic mass is 10.2. The average molecular weight is 323 g/mol. The van der Waals surface area contributed by atoms with Gasteiger partial charge < -0.3 is 14.4 Å². The Morgan fingerprint density at radius 2 is 2.21 bits per heavy atom. The maximum absolute atomic E-state index is 9.39. The predicted molar refractivity (Wildman–Crippen MR) is 92.6 cm³/mol. The first kappa shape index (κ1) is 15.3. The number of hydrogen-bond donors (Lipinski definition) is 1. The summed E-state index contributed by atoms with van der Waals surface area (Å²) in [6, 6.07) is 8.05. The molecule has 1 aliphatic heterocycles. The highest BCUT2D eigenvalue weighted by Gasteiger charge is 2.20. The molecule has 0 saturated carbocycles. The molecule has 1 aliphatic rings. The number of hydrogen-bond acceptors (Lipinski definition) is 4. The van der Waals surface area contributed by atoms with E-state index in [2.05, 4.69) is 15.6 Å². The van der Waals surface area contributed by atoms with Crippen molar-refractivity contribution in [1.82, 2.24) is 14.5 Å². The molecule has 0 spiro atoms. The Hall–Kier alpha value is -2.24. The Morgan fingerprint density at radius 1 is 1.29 bits per heavy atom. The van der Waals surface area contributed by atoms with E-state index in [0.29, 0.717) is 0 Å². The van der Waals surface area contributed by atoms with Crippen LogP contribution in [-0.2, 0) is 17.9 Å². The van der Waals surface area contributed by atoms with E-state index in [1.54, 1.807) is 0 Å². The number of fused-ring (bicyclic) bond motifs is 1. The van der Waals surface area contributed by atoms with Crippen LogP contribution < -0.4 is 0 Å². The molecule has 5 nitrogen and oxygen atoms in total. The van der Waals surface area contributed by atoms with Crippen molar-refractivity contribution in [1.29, 1.82) is 0 Å². The molecule has 1 aromatic carbocycles. The van der Waals surface area contributed by atoms with Crippen LogP contribution >= 0.6 is 0 Å². The quantitative estimate of drug-likeness (QED) is 0.801. The van der Waals surface area contributed by atoms with E-state index in [1.165, 1.54) is 0 Å². The van der Waals surface area contributed by atoms with Gasteiger partial charge in [0.2, 0.25) is 0 Å². The van der Waals surface area contributed by atoms with Crippen LogP contribution in [0.2, 0.25) is 0 Å². The van der Waals surface area contributed by atoms with E-state index < -0.39 is 0 Å². The van der Waals surface area contributed by atoms with Gasteiger partial charge in [-0.25, -0.2) is 4.98 Å². The Bertz CT molecular complexity index is 866.